The predicted octanol–water partition coefficient (Wildman–Crippen LogP) is 2.42. The SMILES string of the molecule is Cn1nccc1CN1CCC2(CC1)CC(=O)c1ccccc1O2. The van der Waals surface area contributed by atoms with Gasteiger partial charge >= 0.3 is 0 Å². The van der Waals surface area contributed by atoms with E-state index < -0.39 is 0 Å². The van der Waals surface area contributed by atoms with Crippen LogP contribution in [0.4, 0.5) is 0 Å². The third kappa shape index (κ3) is 2.65. The molecule has 5 heteroatoms. The first kappa shape index (κ1) is 14.5. The van der Waals surface area contributed by atoms with Crippen LogP contribution in [0.5, 0.6) is 5.75 Å². The lowest BCUT2D eigenvalue weighted by Crippen LogP contribution is -2.50. The minimum Gasteiger partial charge on any atom is -0.486 e. The number of ether oxygens (including phenoxy) is 1. The van der Waals surface area contributed by atoms with Gasteiger partial charge < -0.3 is 4.74 Å². The molecule has 3 heterocycles. The number of hydrogen-bond acceptors (Lipinski definition) is 4. The molecule has 4 rings (SSSR count). The first-order valence-electron chi connectivity index (χ1n) is 8.16. The van der Waals surface area contributed by atoms with Crippen LogP contribution < -0.4 is 4.74 Å². The van der Waals surface area contributed by atoms with Crippen LogP contribution in [0.25, 0.3) is 0 Å². The lowest BCUT2D eigenvalue weighted by molar-refractivity contribution is -0.0111. The van der Waals surface area contributed by atoms with Crippen LogP contribution in [-0.4, -0.2) is 39.2 Å². The van der Waals surface area contributed by atoms with E-state index in [0.29, 0.717) is 6.42 Å². The highest BCUT2D eigenvalue weighted by molar-refractivity contribution is 6.00. The number of aryl methyl sites for hydroxylation is 1. The van der Waals surface area contributed by atoms with Gasteiger partial charge in [0.25, 0.3) is 0 Å². The van der Waals surface area contributed by atoms with E-state index in [9.17, 15) is 4.79 Å². The molecule has 0 amide bonds. The molecule has 5 nitrogen and oxygen atoms in total. The highest BCUT2D eigenvalue weighted by atomic mass is 16.5. The van der Waals surface area contributed by atoms with E-state index in [1.54, 1.807) is 0 Å². The van der Waals surface area contributed by atoms with E-state index in [4.69, 9.17) is 4.74 Å². The van der Waals surface area contributed by atoms with Crippen LogP contribution in [0.1, 0.15) is 35.3 Å². The lowest BCUT2D eigenvalue weighted by Gasteiger charge is -2.43. The summed E-state index contributed by atoms with van der Waals surface area (Å²) in [5.41, 5.74) is 1.64. The number of benzene rings is 1. The third-order valence-corrected chi connectivity index (χ3v) is 5.07. The number of Topliss-reactive ketones (excluding diaryl/α,β-unsaturated/α-hetero) is 1. The maximum absolute atomic E-state index is 12.4. The molecule has 120 valence electrons. The monoisotopic (exact) mass is 311 g/mol. The number of likely N-dealkylation sites (tertiary alicyclic amines) is 1. The van der Waals surface area contributed by atoms with E-state index in [1.807, 2.05) is 42.2 Å². The van der Waals surface area contributed by atoms with Crippen molar-refractivity contribution in [3.63, 3.8) is 0 Å². The Bertz CT molecular complexity index is 729. The van der Waals surface area contributed by atoms with Crippen LogP contribution in [-0.2, 0) is 13.6 Å². The molecule has 0 atom stereocenters. The van der Waals surface area contributed by atoms with Crippen molar-refractivity contribution in [1.82, 2.24) is 14.7 Å². The first-order chi connectivity index (χ1) is 11.2. The smallest absolute Gasteiger partial charge is 0.170 e. The second kappa shape index (κ2) is 5.49. The Balaban J connectivity index is 1.45. The third-order valence-electron chi connectivity index (χ3n) is 5.07. The molecule has 0 radical (unpaired) electrons. The van der Waals surface area contributed by atoms with Gasteiger partial charge in [0.05, 0.1) is 17.7 Å². The van der Waals surface area contributed by atoms with Gasteiger partial charge in [-0.3, -0.25) is 14.4 Å². The standard InChI is InChI=1S/C18H21N3O2/c1-20-14(6-9-19-20)13-21-10-7-18(8-11-21)12-16(22)15-4-2-3-5-17(15)23-18/h2-6,9H,7-8,10-13H2,1H3. The molecule has 1 fully saturated rings. The van der Waals surface area contributed by atoms with Crippen LogP contribution in [0.15, 0.2) is 36.5 Å². The number of aromatic nitrogens is 2. The number of carbonyl (C=O) groups excluding carboxylic acids is 1. The highest BCUT2D eigenvalue weighted by Crippen LogP contribution is 2.39. The number of nitrogens with zero attached hydrogens (tertiary/aromatic N) is 3. The normalized spacial score (nSPS) is 20.3. The summed E-state index contributed by atoms with van der Waals surface area (Å²) in [5, 5.41) is 4.22. The predicted molar refractivity (Wildman–Crippen MR) is 86.5 cm³/mol. The second-order valence-corrected chi connectivity index (χ2v) is 6.60. The van der Waals surface area contributed by atoms with Crippen LogP contribution in [0.2, 0.25) is 0 Å². The molecule has 1 saturated heterocycles. The van der Waals surface area contributed by atoms with Gasteiger partial charge in [0, 0.05) is 45.7 Å². The fourth-order valence-corrected chi connectivity index (χ4v) is 3.63. The van der Waals surface area contributed by atoms with Crippen molar-refractivity contribution in [2.45, 2.75) is 31.4 Å². The highest BCUT2D eigenvalue weighted by Gasteiger charge is 2.42. The topological polar surface area (TPSA) is 47.4 Å². The number of hydrogen-bond donors (Lipinski definition) is 0. The van der Waals surface area contributed by atoms with E-state index in [2.05, 4.69) is 16.1 Å². The summed E-state index contributed by atoms with van der Waals surface area (Å²) in [7, 11) is 1.97. The van der Waals surface area contributed by atoms with Crippen molar-refractivity contribution in [3.05, 3.63) is 47.8 Å². The molecule has 2 aliphatic rings. The Hall–Kier alpha value is -2.14. The second-order valence-electron chi connectivity index (χ2n) is 6.60. The zero-order valence-corrected chi connectivity index (χ0v) is 13.4. The molecule has 1 spiro atoms. The van der Waals surface area contributed by atoms with Crippen LogP contribution >= 0.6 is 0 Å². The summed E-state index contributed by atoms with van der Waals surface area (Å²) < 4.78 is 8.19. The fourth-order valence-electron chi connectivity index (χ4n) is 3.63. The fraction of sp³-hybridized carbons (Fsp3) is 0.444. The number of carbonyl (C=O) groups is 1. The Morgan fingerprint density at radius 1 is 1.22 bits per heavy atom. The Labute approximate surface area is 135 Å². The molecule has 0 saturated carbocycles. The summed E-state index contributed by atoms with van der Waals surface area (Å²) >= 11 is 0. The number of rotatable bonds is 2. The van der Waals surface area contributed by atoms with E-state index in [1.165, 1.54) is 5.69 Å². The molecule has 0 unspecified atom stereocenters. The number of para-hydroxylation sites is 1. The quantitative estimate of drug-likeness (QED) is 0.854. The lowest BCUT2D eigenvalue weighted by atomic mass is 9.82. The summed E-state index contributed by atoms with van der Waals surface area (Å²) in [6, 6.07) is 9.66. The molecule has 2 aliphatic heterocycles. The molecule has 1 aromatic heterocycles. The molecule has 1 aromatic carbocycles. The molecular formula is C18H21N3O2. The largest absolute Gasteiger partial charge is 0.486 e. The maximum Gasteiger partial charge on any atom is 0.170 e. The Morgan fingerprint density at radius 3 is 2.74 bits per heavy atom. The Kier molecular flexibility index (Phi) is 3.45. The molecule has 0 aliphatic carbocycles. The van der Waals surface area contributed by atoms with Gasteiger partial charge in [-0.1, -0.05) is 12.1 Å². The number of piperidine rings is 1. The molecule has 0 bridgehead atoms. The van der Waals surface area contributed by atoms with Gasteiger partial charge in [0.2, 0.25) is 0 Å². The number of fused-ring (bicyclic) bond motifs is 1. The zero-order valence-electron chi connectivity index (χ0n) is 13.4. The maximum atomic E-state index is 12.4. The van der Waals surface area contributed by atoms with E-state index >= 15 is 0 Å². The Morgan fingerprint density at radius 2 is 2.00 bits per heavy atom. The van der Waals surface area contributed by atoms with Crippen molar-refractivity contribution in [3.8, 4) is 5.75 Å². The van der Waals surface area contributed by atoms with E-state index in [0.717, 1.165) is 43.8 Å². The summed E-state index contributed by atoms with van der Waals surface area (Å²) in [5.74, 6) is 0.968. The molecular weight excluding hydrogens is 290 g/mol. The summed E-state index contributed by atoms with van der Waals surface area (Å²) in [6.07, 6.45) is 4.13. The number of ketones is 1. The minimum atomic E-state index is -0.311. The summed E-state index contributed by atoms with van der Waals surface area (Å²) in [4.78, 5) is 14.8. The van der Waals surface area contributed by atoms with Gasteiger partial charge in [-0.2, -0.15) is 5.10 Å². The van der Waals surface area contributed by atoms with Crippen LogP contribution in [0.3, 0.4) is 0 Å². The minimum absolute atomic E-state index is 0.215. The van der Waals surface area contributed by atoms with Crippen molar-refractivity contribution < 1.29 is 9.53 Å². The van der Waals surface area contributed by atoms with E-state index in [-0.39, 0.29) is 11.4 Å². The van der Waals surface area contributed by atoms with Crippen molar-refractivity contribution in [1.29, 1.82) is 0 Å². The zero-order chi connectivity index (χ0) is 15.9. The van der Waals surface area contributed by atoms with Crippen LogP contribution in [0, 0.1) is 0 Å². The van der Waals surface area contributed by atoms with Crippen molar-refractivity contribution >= 4 is 5.78 Å². The van der Waals surface area contributed by atoms with Gasteiger partial charge in [-0.15, -0.1) is 0 Å². The summed E-state index contributed by atoms with van der Waals surface area (Å²) in [6.45, 7) is 2.79. The van der Waals surface area contributed by atoms with Gasteiger partial charge in [0.1, 0.15) is 11.4 Å². The van der Waals surface area contributed by atoms with Gasteiger partial charge in [-0.25, -0.2) is 0 Å². The van der Waals surface area contributed by atoms with Crippen molar-refractivity contribution in [2.24, 2.45) is 7.05 Å². The average Bonchev–Trinajstić information content (AvgIpc) is 2.95. The molecule has 0 N–H and O–H groups in total. The average molecular weight is 311 g/mol. The first-order valence-corrected chi connectivity index (χ1v) is 8.16. The van der Waals surface area contributed by atoms with Crippen molar-refractivity contribution in [2.75, 3.05) is 13.1 Å². The molecule has 2 aromatic rings. The molecule has 23 heavy (non-hydrogen) atoms. The van der Waals surface area contributed by atoms with Gasteiger partial charge in [-0.05, 0) is 18.2 Å². The van der Waals surface area contributed by atoms with Gasteiger partial charge in [0.15, 0.2) is 5.78 Å².